The first-order chi connectivity index (χ1) is 17.1. The van der Waals surface area contributed by atoms with Crippen LogP contribution in [0, 0.1) is 10.1 Å². The Hall–Kier alpha value is -3.39. The lowest BCUT2D eigenvalue weighted by molar-refractivity contribution is -0.384. The van der Waals surface area contributed by atoms with Crippen LogP contribution in [0.2, 0.25) is 0 Å². The van der Waals surface area contributed by atoms with Crippen molar-refractivity contribution >= 4 is 33.5 Å². The van der Waals surface area contributed by atoms with Gasteiger partial charge in [-0.05, 0) is 66.8 Å². The van der Waals surface area contributed by atoms with Crippen LogP contribution in [0.3, 0.4) is 0 Å². The SMILES string of the molecule is O=[N+]([O-])c1ccc(NN=Cc2cc(Br)ccc2OCCOc2ccc(C3CCCCC3)cc2)cc1. The van der Waals surface area contributed by atoms with Crippen LogP contribution < -0.4 is 14.9 Å². The minimum absolute atomic E-state index is 0.0320. The second-order valence-corrected chi connectivity index (χ2v) is 9.37. The number of rotatable bonds is 10. The van der Waals surface area contributed by atoms with Crippen molar-refractivity contribution in [2.75, 3.05) is 18.6 Å². The van der Waals surface area contributed by atoms with E-state index in [1.165, 1.54) is 49.8 Å². The third-order valence-corrected chi connectivity index (χ3v) is 6.51. The van der Waals surface area contributed by atoms with E-state index in [2.05, 4.69) is 38.6 Å². The van der Waals surface area contributed by atoms with Gasteiger partial charge in [-0.1, -0.05) is 47.3 Å². The molecule has 1 fully saturated rings. The van der Waals surface area contributed by atoms with Crippen LogP contribution >= 0.6 is 15.9 Å². The molecule has 3 aromatic carbocycles. The van der Waals surface area contributed by atoms with Crippen LogP contribution in [-0.4, -0.2) is 24.4 Å². The average molecular weight is 538 g/mol. The van der Waals surface area contributed by atoms with Gasteiger partial charge in [-0.25, -0.2) is 0 Å². The molecule has 182 valence electrons. The van der Waals surface area contributed by atoms with Gasteiger partial charge in [0, 0.05) is 22.2 Å². The van der Waals surface area contributed by atoms with Crippen LogP contribution in [-0.2, 0) is 0 Å². The smallest absolute Gasteiger partial charge is 0.269 e. The van der Waals surface area contributed by atoms with Crippen LogP contribution in [0.5, 0.6) is 11.5 Å². The zero-order chi connectivity index (χ0) is 24.5. The van der Waals surface area contributed by atoms with Gasteiger partial charge in [0.25, 0.3) is 5.69 Å². The molecule has 8 heteroatoms. The number of hydrazone groups is 1. The van der Waals surface area contributed by atoms with Crippen molar-refractivity contribution in [1.29, 1.82) is 0 Å². The van der Waals surface area contributed by atoms with Crippen LogP contribution in [0.15, 0.2) is 76.3 Å². The van der Waals surface area contributed by atoms with Crippen molar-refractivity contribution < 1.29 is 14.4 Å². The Morgan fingerprint density at radius 2 is 1.69 bits per heavy atom. The van der Waals surface area contributed by atoms with Crippen molar-refractivity contribution in [3.8, 4) is 11.5 Å². The largest absolute Gasteiger partial charge is 0.490 e. The summed E-state index contributed by atoms with van der Waals surface area (Å²) in [5.41, 5.74) is 5.75. The number of benzene rings is 3. The normalized spacial score (nSPS) is 14.1. The molecule has 0 saturated heterocycles. The van der Waals surface area contributed by atoms with E-state index < -0.39 is 4.92 Å². The predicted octanol–water partition coefficient (Wildman–Crippen LogP) is 7.31. The van der Waals surface area contributed by atoms with Crippen molar-refractivity contribution in [3.63, 3.8) is 0 Å². The Balaban J connectivity index is 1.27. The average Bonchev–Trinajstić information content (AvgIpc) is 2.89. The van der Waals surface area contributed by atoms with Gasteiger partial charge >= 0.3 is 0 Å². The molecule has 4 rings (SSSR count). The molecule has 1 N–H and O–H groups in total. The first kappa shape index (κ1) is 24.7. The van der Waals surface area contributed by atoms with E-state index in [-0.39, 0.29) is 5.69 Å². The van der Waals surface area contributed by atoms with E-state index in [0.29, 0.717) is 30.6 Å². The molecular weight excluding hydrogens is 510 g/mol. The van der Waals surface area contributed by atoms with Gasteiger partial charge in [0.2, 0.25) is 0 Å². The molecule has 7 nitrogen and oxygen atoms in total. The van der Waals surface area contributed by atoms with Gasteiger partial charge in [-0.3, -0.25) is 15.5 Å². The number of hydrogen-bond donors (Lipinski definition) is 1. The summed E-state index contributed by atoms with van der Waals surface area (Å²) in [6, 6.07) is 20.2. The molecule has 1 saturated carbocycles. The van der Waals surface area contributed by atoms with E-state index in [1.54, 1.807) is 18.3 Å². The van der Waals surface area contributed by atoms with Gasteiger partial charge in [-0.15, -0.1) is 0 Å². The van der Waals surface area contributed by atoms with Gasteiger partial charge in [-0.2, -0.15) is 5.10 Å². The first-order valence-corrected chi connectivity index (χ1v) is 12.6. The zero-order valence-electron chi connectivity index (χ0n) is 19.4. The summed E-state index contributed by atoms with van der Waals surface area (Å²) in [6.45, 7) is 0.819. The molecule has 0 spiro atoms. The maximum Gasteiger partial charge on any atom is 0.269 e. The number of non-ortho nitro benzene ring substituents is 1. The van der Waals surface area contributed by atoms with Crippen LogP contribution in [0.1, 0.15) is 49.1 Å². The van der Waals surface area contributed by atoms with Crippen molar-refractivity contribution in [1.82, 2.24) is 0 Å². The molecular formula is C27H28BrN3O4. The summed E-state index contributed by atoms with van der Waals surface area (Å²) >= 11 is 3.48. The number of nitrogens with zero attached hydrogens (tertiary/aromatic N) is 2. The van der Waals surface area contributed by atoms with Crippen molar-refractivity contribution in [3.05, 3.63) is 92.4 Å². The fraction of sp³-hybridized carbons (Fsp3) is 0.296. The number of nitrogens with one attached hydrogen (secondary N) is 1. The van der Waals surface area contributed by atoms with Gasteiger partial charge in [0.05, 0.1) is 16.8 Å². The lowest BCUT2D eigenvalue weighted by Crippen LogP contribution is -2.10. The maximum atomic E-state index is 10.8. The fourth-order valence-electron chi connectivity index (χ4n) is 4.17. The number of anilines is 1. The number of halogens is 1. The minimum atomic E-state index is -0.436. The summed E-state index contributed by atoms with van der Waals surface area (Å²) in [7, 11) is 0. The number of nitro benzene ring substituents is 1. The highest BCUT2D eigenvalue weighted by Crippen LogP contribution is 2.33. The third-order valence-electron chi connectivity index (χ3n) is 6.01. The molecule has 0 aromatic heterocycles. The summed E-state index contributed by atoms with van der Waals surface area (Å²) in [4.78, 5) is 10.3. The number of hydrogen-bond acceptors (Lipinski definition) is 6. The second-order valence-electron chi connectivity index (χ2n) is 8.46. The lowest BCUT2D eigenvalue weighted by atomic mass is 9.84. The molecule has 0 radical (unpaired) electrons. The molecule has 0 unspecified atom stereocenters. The molecule has 0 amide bonds. The van der Waals surface area contributed by atoms with Gasteiger partial charge < -0.3 is 9.47 Å². The van der Waals surface area contributed by atoms with Gasteiger partial charge in [0.1, 0.15) is 24.7 Å². The lowest BCUT2D eigenvalue weighted by Gasteiger charge is -2.22. The number of ether oxygens (including phenoxy) is 2. The molecule has 35 heavy (non-hydrogen) atoms. The summed E-state index contributed by atoms with van der Waals surface area (Å²) in [6.07, 6.45) is 8.24. The molecule has 1 aliphatic carbocycles. The van der Waals surface area contributed by atoms with Gasteiger partial charge in [0.15, 0.2) is 0 Å². The molecule has 0 bridgehead atoms. The topological polar surface area (TPSA) is 86.0 Å². The van der Waals surface area contributed by atoms with E-state index in [0.717, 1.165) is 15.8 Å². The molecule has 3 aromatic rings. The summed E-state index contributed by atoms with van der Waals surface area (Å²) in [5.74, 6) is 2.21. The predicted molar refractivity (Wildman–Crippen MR) is 142 cm³/mol. The summed E-state index contributed by atoms with van der Waals surface area (Å²) < 4.78 is 12.7. The maximum absolute atomic E-state index is 10.8. The highest BCUT2D eigenvalue weighted by atomic mass is 79.9. The minimum Gasteiger partial charge on any atom is -0.490 e. The standard InChI is InChI=1S/C27H28BrN3O4/c28-23-8-15-27(22(18-23)19-29-30-24-9-11-25(12-10-24)31(32)33)35-17-16-34-26-13-6-21(7-14-26)20-4-2-1-3-5-20/h6-15,18-20,30H,1-5,16-17H2. The Morgan fingerprint density at radius 1 is 0.971 bits per heavy atom. The Morgan fingerprint density at radius 3 is 2.40 bits per heavy atom. The van der Waals surface area contributed by atoms with Crippen LogP contribution in [0.4, 0.5) is 11.4 Å². The van der Waals surface area contributed by atoms with E-state index in [9.17, 15) is 10.1 Å². The van der Waals surface area contributed by atoms with E-state index in [4.69, 9.17) is 9.47 Å². The molecule has 0 heterocycles. The quantitative estimate of drug-likeness (QED) is 0.127. The number of nitro groups is 1. The third kappa shape index (κ3) is 7.29. The van der Waals surface area contributed by atoms with Crippen molar-refractivity contribution in [2.24, 2.45) is 5.10 Å². The fourth-order valence-corrected chi connectivity index (χ4v) is 4.55. The Bertz CT molecular complexity index is 1140. The zero-order valence-corrected chi connectivity index (χ0v) is 20.9. The molecule has 0 atom stereocenters. The molecule has 0 aliphatic heterocycles. The highest BCUT2D eigenvalue weighted by molar-refractivity contribution is 9.10. The molecule has 1 aliphatic rings. The van der Waals surface area contributed by atoms with E-state index >= 15 is 0 Å². The second kappa shape index (κ2) is 12.4. The first-order valence-electron chi connectivity index (χ1n) is 11.8. The Labute approximate surface area is 213 Å². The highest BCUT2D eigenvalue weighted by Gasteiger charge is 2.15. The van der Waals surface area contributed by atoms with Crippen LogP contribution in [0.25, 0.3) is 0 Å². The van der Waals surface area contributed by atoms with E-state index in [1.807, 2.05) is 30.3 Å². The summed E-state index contributed by atoms with van der Waals surface area (Å²) in [5, 5.41) is 15.0. The Kier molecular flexibility index (Phi) is 8.73. The monoisotopic (exact) mass is 537 g/mol. The van der Waals surface area contributed by atoms with Crippen molar-refractivity contribution in [2.45, 2.75) is 38.0 Å².